The number of nitrogens with zero attached hydrogens (tertiary/aromatic N) is 1. The van der Waals surface area contributed by atoms with Crippen LogP contribution in [0.15, 0.2) is 0 Å². The van der Waals surface area contributed by atoms with Gasteiger partial charge in [0, 0.05) is 6.92 Å². The fourth-order valence-corrected chi connectivity index (χ4v) is 0.730. The summed E-state index contributed by atoms with van der Waals surface area (Å²) >= 11 is 0. The van der Waals surface area contributed by atoms with Gasteiger partial charge in [0.1, 0.15) is 0 Å². The second-order valence-electron chi connectivity index (χ2n) is 2.50. The number of hydrogen-bond donors (Lipinski definition) is 0. The maximum Gasteiger partial charge on any atom is 0.266 e. The van der Waals surface area contributed by atoms with Crippen molar-refractivity contribution in [2.75, 3.05) is 6.61 Å². The van der Waals surface area contributed by atoms with Crippen molar-refractivity contribution in [3.05, 3.63) is 0 Å². The Hall–Kier alpha value is -0.570. The van der Waals surface area contributed by atoms with Gasteiger partial charge in [-0.3, -0.25) is 4.79 Å². The number of amides is 1. The summed E-state index contributed by atoms with van der Waals surface area (Å²) in [6.45, 7) is 4.10. The van der Waals surface area contributed by atoms with E-state index in [1.54, 1.807) is 0 Å². The minimum atomic E-state index is -0.263. The summed E-state index contributed by atoms with van der Waals surface area (Å²) in [5.74, 6) is -0.263. The first-order valence-corrected chi connectivity index (χ1v) is 4.11. The van der Waals surface area contributed by atoms with Crippen molar-refractivity contribution in [3.63, 3.8) is 0 Å². The van der Waals surface area contributed by atoms with Crippen molar-refractivity contribution >= 4 is 5.91 Å². The van der Waals surface area contributed by atoms with Gasteiger partial charge in [-0.15, -0.1) is 0 Å². The van der Waals surface area contributed by atoms with Gasteiger partial charge in [0.15, 0.2) is 0 Å². The highest BCUT2D eigenvalue weighted by molar-refractivity contribution is 5.71. The molecule has 0 saturated carbocycles. The molecule has 3 heteroatoms. The highest BCUT2D eigenvalue weighted by atomic mass is 16.6. The third kappa shape index (κ3) is 9.43. The van der Waals surface area contributed by atoms with E-state index in [1.807, 2.05) is 0 Å². The van der Waals surface area contributed by atoms with Gasteiger partial charge in [0.2, 0.25) is 0 Å². The van der Waals surface area contributed by atoms with E-state index in [2.05, 4.69) is 12.4 Å². The van der Waals surface area contributed by atoms with Crippen molar-refractivity contribution in [2.45, 2.75) is 39.5 Å². The highest BCUT2D eigenvalue weighted by Gasteiger charge is 1.93. The third-order valence-electron chi connectivity index (χ3n) is 1.28. The number of rotatable bonds is 6. The Morgan fingerprint density at radius 2 is 2.09 bits per heavy atom. The summed E-state index contributed by atoms with van der Waals surface area (Å²) < 4.78 is 0. The lowest BCUT2D eigenvalue weighted by atomic mass is 10.2. The monoisotopic (exact) mass is 158 g/mol. The molecule has 0 saturated heterocycles. The van der Waals surface area contributed by atoms with Crippen LogP contribution in [0.4, 0.5) is 0 Å². The molecule has 0 fully saturated rings. The Kier molecular flexibility index (Phi) is 7.15. The van der Waals surface area contributed by atoms with E-state index in [0.29, 0.717) is 6.61 Å². The predicted octanol–water partition coefficient (Wildman–Crippen LogP) is 1.65. The van der Waals surface area contributed by atoms with Crippen molar-refractivity contribution in [3.8, 4) is 0 Å². The zero-order valence-corrected chi connectivity index (χ0v) is 7.30. The molecule has 0 spiro atoms. The second kappa shape index (κ2) is 7.54. The Morgan fingerprint density at radius 1 is 1.36 bits per heavy atom. The van der Waals surface area contributed by atoms with Crippen LogP contribution in [0.25, 0.3) is 0 Å². The van der Waals surface area contributed by atoms with Crippen molar-refractivity contribution in [1.29, 1.82) is 0 Å². The summed E-state index contributed by atoms with van der Waals surface area (Å²) in [6, 6.07) is 0. The molecule has 65 valence electrons. The first-order chi connectivity index (χ1) is 5.27. The van der Waals surface area contributed by atoms with E-state index in [4.69, 9.17) is 4.84 Å². The zero-order chi connectivity index (χ0) is 8.53. The number of carbonyl (C=O) groups is 1. The maximum absolute atomic E-state index is 10.2. The summed E-state index contributed by atoms with van der Waals surface area (Å²) in [4.78, 5) is 15.0. The van der Waals surface area contributed by atoms with Gasteiger partial charge in [0.05, 0.1) is 6.61 Å². The Balaban J connectivity index is 2.85. The van der Waals surface area contributed by atoms with Crippen molar-refractivity contribution in [1.82, 2.24) is 5.48 Å². The normalized spacial score (nSPS) is 9.64. The number of unbranched alkanes of at least 4 members (excludes halogenated alkanes) is 3. The molecular weight excluding hydrogens is 142 g/mol. The zero-order valence-electron chi connectivity index (χ0n) is 7.30. The lowest BCUT2D eigenvalue weighted by Gasteiger charge is -1.98. The van der Waals surface area contributed by atoms with E-state index in [9.17, 15) is 4.79 Å². The lowest BCUT2D eigenvalue weighted by molar-refractivity contribution is -0.132. The van der Waals surface area contributed by atoms with E-state index in [0.717, 1.165) is 12.8 Å². The maximum atomic E-state index is 10.2. The van der Waals surface area contributed by atoms with Crippen LogP contribution in [0.1, 0.15) is 39.5 Å². The molecule has 0 atom stereocenters. The quantitative estimate of drug-likeness (QED) is 0.435. The minimum absolute atomic E-state index is 0.263. The molecule has 0 rings (SSSR count). The molecule has 1 amide bonds. The Morgan fingerprint density at radius 3 is 2.64 bits per heavy atom. The largest absolute Gasteiger partial charge is 0.271 e. The first kappa shape index (κ1) is 10.4. The van der Waals surface area contributed by atoms with Crippen LogP contribution in [-0.4, -0.2) is 12.5 Å². The molecule has 0 bridgehead atoms. The molecule has 0 heterocycles. The van der Waals surface area contributed by atoms with Gasteiger partial charge in [-0.05, 0) is 6.42 Å². The van der Waals surface area contributed by atoms with Crippen LogP contribution in [0.2, 0.25) is 0 Å². The molecule has 0 N–H and O–H groups in total. The topological polar surface area (TPSA) is 40.4 Å². The molecule has 0 aromatic carbocycles. The van der Waals surface area contributed by atoms with E-state index in [1.165, 1.54) is 19.8 Å². The Bertz CT molecular complexity index is 104. The number of hydrogen-bond acceptors (Lipinski definition) is 2. The van der Waals surface area contributed by atoms with Crippen LogP contribution >= 0.6 is 0 Å². The van der Waals surface area contributed by atoms with Crippen LogP contribution in [-0.2, 0) is 9.63 Å². The number of hydroxylamine groups is 1. The molecule has 1 radical (unpaired) electrons. The molecule has 3 nitrogen and oxygen atoms in total. The summed E-state index contributed by atoms with van der Waals surface area (Å²) in [6.07, 6.45) is 4.59. The van der Waals surface area contributed by atoms with E-state index < -0.39 is 0 Å². The van der Waals surface area contributed by atoms with Crippen molar-refractivity contribution < 1.29 is 9.63 Å². The highest BCUT2D eigenvalue weighted by Crippen LogP contribution is 1.97. The molecule has 11 heavy (non-hydrogen) atoms. The van der Waals surface area contributed by atoms with Crippen LogP contribution in [0, 0.1) is 0 Å². The standard InChI is InChI=1S/C8H16NO2/c1-3-4-5-6-7-11-9-8(2)10/h3-7H2,1-2H3. The van der Waals surface area contributed by atoms with E-state index in [-0.39, 0.29) is 5.91 Å². The van der Waals surface area contributed by atoms with Crippen LogP contribution in [0.3, 0.4) is 0 Å². The first-order valence-electron chi connectivity index (χ1n) is 4.11. The molecule has 0 aliphatic carbocycles. The van der Waals surface area contributed by atoms with Crippen LogP contribution in [0.5, 0.6) is 0 Å². The summed E-state index contributed by atoms with van der Waals surface area (Å²) in [5.41, 5.74) is 3.28. The number of carbonyl (C=O) groups excluding carboxylic acids is 1. The molecule has 0 unspecified atom stereocenters. The third-order valence-corrected chi connectivity index (χ3v) is 1.28. The van der Waals surface area contributed by atoms with Gasteiger partial charge >= 0.3 is 0 Å². The minimum Gasteiger partial charge on any atom is -0.271 e. The molecular formula is C8H16NO2. The second-order valence-corrected chi connectivity index (χ2v) is 2.50. The lowest BCUT2D eigenvalue weighted by Crippen LogP contribution is -2.12. The molecule has 0 aromatic heterocycles. The van der Waals surface area contributed by atoms with Gasteiger partial charge in [-0.25, -0.2) is 4.84 Å². The van der Waals surface area contributed by atoms with Gasteiger partial charge in [-0.1, -0.05) is 31.7 Å². The SMILES string of the molecule is CCCCCCO[N]C(C)=O. The van der Waals surface area contributed by atoms with Gasteiger partial charge in [0.25, 0.3) is 5.91 Å². The summed E-state index contributed by atoms with van der Waals surface area (Å²) in [5, 5.41) is 0. The smallest absolute Gasteiger partial charge is 0.266 e. The Labute approximate surface area is 68.1 Å². The molecule has 0 aliphatic rings. The predicted molar refractivity (Wildman–Crippen MR) is 42.9 cm³/mol. The fourth-order valence-electron chi connectivity index (χ4n) is 0.730. The average molecular weight is 158 g/mol. The van der Waals surface area contributed by atoms with Gasteiger partial charge in [-0.2, -0.15) is 0 Å². The van der Waals surface area contributed by atoms with Gasteiger partial charge < -0.3 is 0 Å². The average Bonchev–Trinajstić information content (AvgIpc) is 1.96. The van der Waals surface area contributed by atoms with E-state index >= 15 is 0 Å². The fraction of sp³-hybridized carbons (Fsp3) is 0.875. The molecule has 0 aromatic rings. The summed E-state index contributed by atoms with van der Waals surface area (Å²) in [7, 11) is 0. The van der Waals surface area contributed by atoms with Crippen LogP contribution < -0.4 is 5.48 Å². The molecule has 0 aliphatic heterocycles. The van der Waals surface area contributed by atoms with Crippen molar-refractivity contribution in [2.24, 2.45) is 0 Å².